The van der Waals surface area contributed by atoms with Crippen LogP contribution in [0.1, 0.15) is 15.9 Å². The highest BCUT2D eigenvalue weighted by molar-refractivity contribution is 5.96. The van der Waals surface area contributed by atoms with E-state index in [0.717, 1.165) is 18.7 Å². The first-order valence-corrected chi connectivity index (χ1v) is 6.99. The number of likely N-dealkylation sites (N-methyl/N-ethyl adjacent to an activating group) is 1. The molecule has 1 aliphatic rings. The summed E-state index contributed by atoms with van der Waals surface area (Å²) < 4.78 is 13.8. The smallest absolute Gasteiger partial charge is 0.257 e. The molecule has 5 nitrogen and oxygen atoms in total. The van der Waals surface area contributed by atoms with Gasteiger partial charge in [-0.05, 0) is 24.6 Å². The van der Waals surface area contributed by atoms with Crippen LogP contribution in [-0.4, -0.2) is 61.4 Å². The lowest BCUT2D eigenvalue weighted by Gasteiger charge is -2.29. The Labute approximate surface area is 135 Å². The minimum atomic E-state index is -0.554. The fourth-order valence-corrected chi connectivity index (χ4v) is 2.29. The molecule has 1 aliphatic heterocycles. The predicted molar refractivity (Wildman–Crippen MR) is 84.8 cm³/mol. The molecule has 0 aromatic heterocycles. The number of benzene rings is 1. The van der Waals surface area contributed by atoms with Crippen LogP contribution in [-0.2, 0) is 4.79 Å². The van der Waals surface area contributed by atoms with Crippen LogP contribution in [0.2, 0.25) is 0 Å². The summed E-state index contributed by atoms with van der Waals surface area (Å²) in [5.41, 5.74) is 0.750. The number of carbonyl (C=O) groups is 2. The Balaban J connectivity index is 0.00000242. The van der Waals surface area contributed by atoms with Crippen molar-refractivity contribution >= 4 is 24.2 Å². The van der Waals surface area contributed by atoms with Gasteiger partial charge in [-0.25, -0.2) is 4.39 Å². The molecule has 1 N–H and O–H groups in total. The monoisotopic (exact) mass is 329 g/mol. The average molecular weight is 330 g/mol. The number of halogens is 2. The molecule has 0 saturated carbocycles. The Kier molecular flexibility index (Phi) is 6.77. The van der Waals surface area contributed by atoms with Gasteiger partial charge < -0.3 is 15.1 Å². The molecule has 0 atom stereocenters. The van der Waals surface area contributed by atoms with E-state index < -0.39 is 11.7 Å². The predicted octanol–water partition coefficient (Wildman–Crippen LogP) is 1.06. The number of nitrogens with zero attached hydrogens (tertiary/aromatic N) is 2. The summed E-state index contributed by atoms with van der Waals surface area (Å²) in [6.07, 6.45) is 0. The minimum Gasteiger partial charge on any atom is -0.339 e. The zero-order valence-corrected chi connectivity index (χ0v) is 13.6. The number of nitrogens with one attached hydrogen (secondary N) is 1. The van der Waals surface area contributed by atoms with E-state index in [9.17, 15) is 14.0 Å². The van der Waals surface area contributed by atoms with Crippen LogP contribution >= 0.6 is 12.4 Å². The molecule has 122 valence electrons. The Bertz CT molecular complexity index is 548. The molecule has 1 aromatic carbocycles. The van der Waals surface area contributed by atoms with Gasteiger partial charge >= 0.3 is 0 Å². The molecule has 1 saturated heterocycles. The van der Waals surface area contributed by atoms with Crippen molar-refractivity contribution in [3.8, 4) is 0 Å². The van der Waals surface area contributed by atoms with Crippen molar-refractivity contribution in [3.63, 3.8) is 0 Å². The number of hydrogen-bond acceptors (Lipinski definition) is 3. The maximum absolute atomic E-state index is 13.8. The highest BCUT2D eigenvalue weighted by Gasteiger charge is 2.22. The van der Waals surface area contributed by atoms with Crippen molar-refractivity contribution in [1.29, 1.82) is 0 Å². The molecular weight excluding hydrogens is 309 g/mol. The lowest BCUT2D eigenvalue weighted by molar-refractivity contribution is -0.132. The van der Waals surface area contributed by atoms with E-state index in [2.05, 4.69) is 5.32 Å². The van der Waals surface area contributed by atoms with Crippen molar-refractivity contribution < 1.29 is 14.0 Å². The summed E-state index contributed by atoms with van der Waals surface area (Å²) in [6.45, 7) is 4.52. The van der Waals surface area contributed by atoms with Crippen LogP contribution in [0, 0.1) is 12.7 Å². The number of amides is 2. The summed E-state index contributed by atoms with van der Waals surface area (Å²) in [6, 6.07) is 4.46. The van der Waals surface area contributed by atoms with E-state index in [0.29, 0.717) is 13.1 Å². The minimum absolute atomic E-state index is 0. The quantitative estimate of drug-likeness (QED) is 0.902. The van der Waals surface area contributed by atoms with E-state index in [1.54, 1.807) is 17.9 Å². The second-order valence-electron chi connectivity index (χ2n) is 5.28. The third-order valence-electron chi connectivity index (χ3n) is 3.54. The Morgan fingerprint density at radius 3 is 2.55 bits per heavy atom. The normalized spacial score (nSPS) is 14.2. The number of piperazine rings is 1. The molecule has 22 heavy (non-hydrogen) atoms. The summed E-state index contributed by atoms with van der Waals surface area (Å²) >= 11 is 0. The van der Waals surface area contributed by atoms with Gasteiger partial charge in [-0.15, -0.1) is 12.4 Å². The first-order valence-electron chi connectivity index (χ1n) is 6.99. The van der Waals surface area contributed by atoms with E-state index in [1.807, 2.05) is 0 Å². The van der Waals surface area contributed by atoms with E-state index >= 15 is 0 Å². The molecule has 1 fully saturated rings. The van der Waals surface area contributed by atoms with E-state index in [-0.39, 0.29) is 30.4 Å². The van der Waals surface area contributed by atoms with Crippen LogP contribution in [0.5, 0.6) is 0 Å². The topological polar surface area (TPSA) is 52.7 Å². The first kappa shape index (κ1) is 18.4. The number of carbonyl (C=O) groups excluding carboxylic acids is 2. The highest BCUT2D eigenvalue weighted by Crippen LogP contribution is 2.12. The largest absolute Gasteiger partial charge is 0.339 e. The molecule has 2 amide bonds. The van der Waals surface area contributed by atoms with E-state index in [4.69, 9.17) is 0 Å². The Morgan fingerprint density at radius 2 is 1.95 bits per heavy atom. The number of rotatable bonds is 3. The molecule has 0 radical (unpaired) electrons. The van der Waals surface area contributed by atoms with Gasteiger partial charge in [-0.1, -0.05) is 6.07 Å². The maximum Gasteiger partial charge on any atom is 0.257 e. The summed E-state index contributed by atoms with van der Waals surface area (Å²) in [7, 11) is 1.52. The van der Waals surface area contributed by atoms with Gasteiger partial charge in [0.15, 0.2) is 0 Å². The number of aryl methyl sites for hydroxylation is 1. The Morgan fingerprint density at radius 1 is 1.32 bits per heavy atom. The van der Waals surface area contributed by atoms with Crippen molar-refractivity contribution in [3.05, 3.63) is 35.1 Å². The molecular formula is C15H21ClFN3O2. The van der Waals surface area contributed by atoms with Gasteiger partial charge in [0.2, 0.25) is 5.91 Å². The van der Waals surface area contributed by atoms with Crippen LogP contribution in [0.3, 0.4) is 0 Å². The molecule has 1 aromatic rings. The van der Waals surface area contributed by atoms with Gasteiger partial charge in [0.25, 0.3) is 5.91 Å². The van der Waals surface area contributed by atoms with Gasteiger partial charge in [0.05, 0.1) is 12.1 Å². The summed E-state index contributed by atoms with van der Waals surface area (Å²) in [5, 5.41) is 3.16. The van der Waals surface area contributed by atoms with Gasteiger partial charge in [-0.2, -0.15) is 0 Å². The second kappa shape index (κ2) is 8.10. The highest BCUT2D eigenvalue weighted by atomic mass is 35.5. The first-order chi connectivity index (χ1) is 9.99. The van der Waals surface area contributed by atoms with Gasteiger partial charge in [-0.3, -0.25) is 9.59 Å². The van der Waals surface area contributed by atoms with Crippen LogP contribution in [0.25, 0.3) is 0 Å². The Hall–Kier alpha value is -1.66. The van der Waals surface area contributed by atoms with Gasteiger partial charge in [0, 0.05) is 33.2 Å². The molecule has 0 bridgehead atoms. The molecule has 2 rings (SSSR count). The standard InChI is InChI=1S/C15H20FN3O2.ClH/c1-11-3-4-12(13(16)9-11)15(21)18(2)10-14(20)19-7-5-17-6-8-19;/h3-4,9,17H,5-8,10H2,1-2H3;1H. The fourth-order valence-electron chi connectivity index (χ4n) is 2.29. The van der Waals surface area contributed by atoms with Crippen molar-refractivity contribution in [1.82, 2.24) is 15.1 Å². The van der Waals surface area contributed by atoms with Gasteiger partial charge in [0.1, 0.15) is 5.82 Å². The lowest BCUT2D eigenvalue weighted by atomic mass is 10.1. The summed E-state index contributed by atoms with van der Waals surface area (Å²) in [5.74, 6) is -1.14. The maximum atomic E-state index is 13.8. The molecule has 0 unspecified atom stereocenters. The summed E-state index contributed by atoms with van der Waals surface area (Å²) in [4.78, 5) is 27.3. The third-order valence-corrected chi connectivity index (χ3v) is 3.54. The molecule has 7 heteroatoms. The molecule has 0 aliphatic carbocycles. The average Bonchev–Trinajstić information content (AvgIpc) is 2.47. The van der Waals surface area contributed by atoms with Crippen molar-refractivity contribution in [2.24, 2.45) is 0 Å². The second-order valence-corrected chi connectivity index (χ2v) is 5.28. The number of hydrogen-bond donors (Lipinski definition) is 1. The lowest BCUT2D eigenvalue weighted by Crippen LogP contribution is -2.49. The van der Waals surface area contributed by atoms with Crippen LogP contribution < -0.4 is 5.32 Å². The van der Waals surface area contributed by atoms with Crippen LogP contribution in [0.15, 0.2) is 18.2 Å². The molecule has 1 heterocycles. The third kappa shape index (κ3) is 4.42. The SMILES string of the molecule is Cc1ccc(C(=O)N(C)CC(=O)N2CCNCC2)c(F)c1.Cl. The fraction of sp³-hybridized carbons (Fsp3) is 0.467. The van der Waals surface area contributed by atoms with Crippen molar-refractivity contribution in [2.45, 2.75) is 6.92 Å². The van der Waals surface area contributed by atoms with Crippen LogP contribution in [0.4, 0.5) is 4.39 Å². The zero-order chi connectivity index (χ0) is 15.4. The molecule has 0 spiro atoms. The zero-order valence-electron chi connectivity index (χ0n) is 12.8. The van der Waals surface area contributed by atoms with E-state index in [1.165, 1.54) is 24.1 Å². The van der Waals surface area contributed by atoms with Crippen molar-refractivity contribution in [2.75, 3.05) is 39.8 Å².